The molecule has 1 heterocycles. The van der Waals surface area contributed by atoms with E-state index >= 15 is 0 Å². The van der Waals surface area contributed by atoms with E-state index in [0.717, 1.165) is 10.7 Å². The quantitative estimate of drug-likeness (QED) is 0.876. The van der Waals surface area contributed by atoms with Crippen LogP contribution in [-0.2, 0) is 11.2 Å². The minimum absolute atomic E-state index is 0.132. The summed E-state index contributed by atoms with van der Waals surface area (Å²) >= 11 is 1.52. The zero-order valence-corrected chi connectivity index (χ0v) is 10.1. The van der Waals surface area contributed by atoms with Crippen molar-refractivity contribution in [2.45, 2.75) is 13.3 Å². The molecule has 1 aromatic carbocycles. The van der Waals surface area contributed by atoms with Crippen molar-refractivity contribution in [1.82, 2.24) is 4.98 Å². The Morgan fingerprint density at radius 1 is 1.53 bits per heavy atom. The van der Waals surface area contributed by atoms with Gasteiger partial charge in [-0.25, -0.2) is 4.98 Å². The molecule has 2 rings (SSSR count). The number of hydrogen-bond acceptors (Lipinski definition) is 4. The van der Waals surface area contributed by atoms with Gasteiger partial charge in [-0.15, -0.1) is 11.3 Å². The molecule has 0 aliphatic heterocycles. The average Bonchev–Trinajstić information content (AvgIpc) is 2.63. The highest BCUT2D eigenvalue weighted by Crippen LogP contribution is 2.16. The number of thiazole rings is 1. The van der Waals surface area contributed by atoms with E-state index in [2.05, 4.69) is 10.3 Å². The maximum absolute atomic E-state index is 11.7. The van der Waals surface area contributed by atoms with E-state index in [4.69, 9.17) is 0 Å². The molecule has 4 nitrogen and oxygen atoms in total. The molecule has 2 aromatic rings. The molecule has 2 N–H and O–H groups in total. The summed E-state index contributed by atoms with van der Waals surface area (Å²) in [6.07, 6.45) is 0.250. The highest BCUT2D eigenvalue weighted by Gasteiger charge is 2.06. The molecule has 5 heteroatoms. The predicted molar refractivity (Wildman–Crippen MR) is 67.3 cm³/mol. The lowest BCUT2D eigenvalue weighted by Crippen LogP contribution is -2.14. The molecule has 1 aromatic heterocycles. The fourth-order valence-electron chi connectivity index (χ4n) is 1.44. The third-order valence-electron chi connectivity index (χ3n) is 2.14. The van der Waals surface area contributed by atoms with Gasteiger partial charge in [-0.05, 0) is 19.1 Å². The van der Waals surface area contributed by atoms with Crippen LogP contribution in [0.4, 0.5) is 5.69 Å². The van der Waals surface area contributed by atoms with Crippen molar-refractivity contribution >= 4 is 22.9 Å². The first-order valence-corrected chi connectivity index (χ1v) is 6.01. The predicted octanol–water partition coefficient (Wildman–Crippen LogP) is 2.34. The largest absolute Gasteiger partial charge is 0.508 e. The molecule has 0 saturated heterocycles. The van der Waals surface area contributed by atoms with Crippen molar-refractivity contribution < 1.29 is 9.90 Å². The molecule has 0 spiro atoms. The van der Waals surface area contributed by atoms with Crippen LogP contribution in [0.15, 0.2) is 29.6 Å². The maximum Gasteiger partial charge on any atom is 0.230 e. The molecule has 0 saturated carbocycles. The second kappa shape index (κ2) is 4.97. The van der Waals surface area contributed by atoms with Crippen molar-refractivity contribution in [3.63, 3.8) is 0 Å². The number of nitrogens with zero attached hydrogens (tertiary/aromatic N) is 1. The topological polar surface area (TPSA) is 62.2 Å². The summed E-state index contributed by atoms with van der Waals surface area (Å²) in [5, 5.41) is 14.8. The number of benzene rings is 1. The second-order valence-corrected chi connectivity index (χ2v) is 4.70. The number of phenols is 1. The molecule has 0 aliphatic carbocycles. The lowest BCUT2D eigenvalue weighted by atomic mass is 10.2. The minimum Gasteiger partial charge on any atom is -0.508 e. The van der Waals surface area contributed by atoms with Crippen molar-refractivity contribution in [3.8, 4) is 5.75 Å². The Balaban J connectivity index is 1.98. The Labute approximate surface area is 103 Å². The number of amides is 1. The normalized spacial score (nSPS) is 10.2. The first-order chi connectivity index (χ1) is 8.13. The molecular formula is C12H12N2O2S. The van der Waals surface area contributed by atoms with E-state index in [1.807, 2.05) is 12.3 Å². The molecule has 17 heavy (non-hydrogen) atoms. The number of hydrogen-bond donors (Lipinski definition) is 2. The number of aromatic hydroxyl groups is 1. The summed E-state index contributed by atoms with van der Waals surface area (Å²) in [6.45, 7) is 1.90. The third kappa shape index (κ3) is 3.29. The summed E-state index contributed by atoms with van der Waals surface area (Å²) in [4.78, 5) is 15.9. The fraction of sp³-hybridized carbons (Fsp3) is 0.167. The van der Waals surface area contributed by atoms with Gasteiger partial charge < -0.3 is 10.4 Å². The SMILES string of the molecule is Cc1nc(CC(=O)Nc2cccc(O)c2)cs1. The lowest BCUT2D eigenvalue weighted by Gasteiger charge is -2.04. The van der Waals surface area contributed by atoms with Crippen molar-refractivity contribution in [2.75, 3.05) is 5.32 Å². The van der Waals surface area contributed by atoms with E-state index < -0.39 is 0 Å². The summed E-state index contributed by atoms with van der Waals surface area (Å²) in [7, 11) is 0. The van der Waals surface area contributed by atoms with Gasteiger partial charge in [-0.3, -0.25) is 4.79 Å². The zero-order chi connectivity index (χ0) is 12.3. The van der Waals surface area contributed by atoms with Crippen LogP contribution in [0.1, 0.15) is 10.7 Å². The number of aryl methyl sites for hydroxylation is 1. The standard InChI is InChI=1S/C12H12N2O2S/c1-8-13-10(7-17-8)6-12(16)14-9-3-2-4-11(15)5-9/h2-5,7,15H,6H2,1H3,(H,14,16). The van der Waals surface area contributed by atoms with Crippen LogP contribution in [0.3, 0.4) is 0 Å². The lowest BCUT2D eigenvalue weighted by molar-refractivity contribution is -0.115. The molecule has 0 bridgehead atoms. The molecular weight excluding hydrogens is 236 g/mol. The van der Waals surface area contributed by atoms with Crippen LogP contribution in [0, 0.1) is 6.92 Å². The Bertz CT molecular complexity index is 537. The van der Waals surface area contributed by atoms with E-state index in [0.29, 0.717) is 5.69 Å². The number of nitrogens with one attached hydrogen (secondary N) is 1. The summed E-state index contributed by atoms with van der Waals surface area (Å²) in [5.41, 5.74) is 1.35. The van der Waals surface area contributed by atoms with Gasteiger partial charge in [0.15, 0.2) is 0 Å². The van der Waals surface area contributed by atoms with Gasteiger partial charge in [0.05, 0.1) is 17.1 Å². The Hall–Kier alpha value is -1.88. The first-order valence-electron chi connectivity index (χ1n) is 5.13. The zero-order valence-electron chi connectivity index (χ0n) is 9.30. The van der Waals surface area contributed by atoms with Crippen molar-refractivity contribution in [3.05, 3.63) is 40.3 Å². The number of anilines is 1. The first kappa shape index (κ1) is 11.6. The fourth-order valence-corrected chi connectivity index (χ4v) is 2.06. The van der Waals surface area contributed by atoms with Gasteiger partial charge >= 0.3 is 0 Å². The number of rotatable bonds is 3. The molecule has 1 amide bonds. The number of carbonyl (C=O) groups is 1. The molecule has 0 atom stereocenters. The summed E-state index contributed by atoms with van der Waals surface area (Å²) in [6, 6.07) is 6.46. The van der Waals surface area contributed by atoms with Crippen molar-refractivity contribution in [2.24, 2.45) is 0 Å². The molecule has 0 unspecified atom stereocenters. The van der Waals surface area contributed by atoms with E-state index in [-0.39, 0.29) is 18.1 Å². The highest BCUT2D eigenvalue weighted by molar-refractivity contribution is 7.09. The second-order valence-electron chi connectivity index (χ2n) is 3.63. The van der Waals surface area contributed by atoms with Gasteiger partial charge in [0.2, 0.25) is 5.91 Å². The van der Waals surface area contributed by atoms with Gasteiger partial charge in [0.1, 0.15) is 5.75 Å². The number of carbonyl (C=O) groups excluding carboxylic acids is 1. The highest BCUT2D eigenvalue weighted by atomic mass is 32.1. The summed E-state index contributed by atoms with van der Waals surface area (Å²) in [5.74, 6) is -0.00629. The van der Waals surface area contributed by atoms with Crippen molar-refractivity contribution in [1.29, 1.82) is 0 Å². The van der Waals surface area contributed by atoms with E-state index in [9.17, 15) is 9.90 Å². The molecule has 0 aliphatic rings. The summed E-state index contributed by atoms with van der Waals surface area (Å²) < 4.78 is 0. The molecule has 0 radical (unpaired) electrons. The Morgan fingerprint density at radius 3 is 3.00 bits per heavy atom. The molecule has 0 fully saturated rings. The Kier molecular flexibility index (Phi) is 3.39. The maximum atomic E-state index is 11.7. The van der Waals surface area contributed by atoms with Gasteiger partial charge in [0, 0.05) is 17.1 Å². The number of phenolic OH excluding ortho intramolecular Hbond substituents is 1. The van der Waals surface area contributed by atoms with E-state index in [1.165, 1.54) is 17.4 Å². The van der Waals surface area contributed by atoms with Gasteiger partial charge in [-0.1, -0.05) is 6.07 Å². The van der Waals surface area contributed by atoms with Crippen LogP contribution in [0.5, 0.6) is 5.75 Å². The van der Waals surface area contributed by atoms with Crippen LogP contribution in [-0.4, -0.2) is 16.0 Å². The molecule has 88 valence electrons. The smallest absolute Gasteiger partial charge is 0.230 e. The Morgan fingerprint density at radius 2 is 2.35 bits per heavy atom. The van der Waals surface area contributed by atoms with Crippen LogP contribution in [0.25, 0.3) is 0 Å². The van der Waals surface area contributed by atoms with Gasteiger partial charge in [0.25, 0.3) is 0 Å². The van der Waals surface area contributed by atoms with Crippen LogP contribution < -0.4 is 5.32 Å². The monoisotopic (exact) mass is 248 g/mol. The number of aromatic nitrogens is 1. The van der Waals surface area contributed by atoms with Crippen LogP contribution >= 0.6 is 11.3 Å². The van der Waals surface area contributed by atoms with E-state index in [1.54, 1.807) is 18.2 Å². The minimum atomic E-state index is -0.138. The van der Waals surface area contributed by atoms with Gasteiger partial charge in [-0.2, -0.15) is 0 Å². The average molecular weight is 248 g/mol. The van der Waals surface area contributed by atoms with Crippen LogP contribution in [0.2, 0.25) is 0 Å². The third-order valence-corrected chi connectivity index (χ3v) is 2.96.